The van der Waals surface area contributed by atoms with Gasteiger partial charge in [-0.05, 0) is 37.3 Å². The summed E-state index contributed by atoms with van der Waals surface area (Å²) in [5.74, 6) is 0.755. The number of benzene rings is 1. The first-order valence-corrected chi connectivity index (χ1v) is 8.02. The zero-order chi connectivity index (χ0) is 13.9. The van der Waals surface area contributed by atoms with E-state index in [-0.39, 0.29) is 0 Å². The summed E-state index contributed by atoms with van der Waals surface area (Å²) in [7, 11) is 0. The Morgan fingerprint density at radius 2 is 1.75 bits per heavy atom. The third-order valence-electron chi connectivity index (χ3n) is 4.82. The van der Waals surface area contributed by atoms with E-state index < -0.39 is 0 Å². The molecule has 2 aliphatic rings. The summed E-state index contributed by atoms with van der Waals surface area (Å²) < 4.78 is 0. The second-order valence-corrected chi connectivity index (χ2v) is 6.61. The summed E-state index contributed by atoms with van der Waals surface area (Å²) in [6.07, 6.45) is 3.74. The van der Waals surface area contributed by atoms with Crippen LogP contribution >= 0.6 is 0 Å². The van der Waals surface area contributed by atoms with E-state index in [0.717, 1.165) is 18.5 Å². The van der Waals surface area contributed by atoms with E-state index in [9.17, 15) is 0 Å². The summed E-state index contributed by atoms with van der Waals surface area (Å²) in [6.45, 7) is 7.03. The fourth-order valence-electron chi connectivity index (χ4n) is 3.87. The molecule has 3 heteroatoms. The van der Waals surface area contributed by atoms with Crippen molar-refractivity contribution in [3.8, 4) is 0 Å². The molecule has 2 aliphatic heterocycles. The Morgan fingerprint density at radius 3 is 2.40 bits per heavy atom. The molecule has 2 atom stereocenters. The summed E-state index contributed by atoms with van der Waals surface area (Å²) >= 11 is 0. The van der Waals surface area contributed by atoms with Crippen molar-refractivity contribution in [1.82, 2.24) is 4.90 Å². The van der Waals surface area contributed by atoms with Crippen LogP contribution in [0.5, 0.6) is 0 Å². The number of para-hydroxylation sites is 1. The number of hydrogen-bond acceptors (Lipinski definition) is 3. The lowest BCUT2D eigenvalue weighted by Gasteiger charge is -2.44. The van der Waals surface area contributed by atoms with Crippen LogP contribution in [0.4, 0.5) is 5.69 Å². The lowest BCUT2D eigenvalue weighted by molar-refractivity contribution is 0.100. The summed E-state index contributed by atoms with van der Waals surface area (Å²) in [4.78, 5) is 5.17. The van der Waals surface area contributed by atoms with Crippen molar-refractivity contribution in [2.24, 2.45) is 11.7 Å². The van der Waals surface area contributed by atoms with Crippen molar-refractivity contribution in [3.63, 3.8) is 0 Å². The van der Waals surface area contributed by atoms with Gasteiger partial charge >= 0.3 is 0 Å². The topological polar surface area (TPSA) is 32.5 Å². The Labute approximate surface area is 122 Å². The average molecular weight is 273 g/mol. The molecule has 0 radical (unpaired) electrons. The Balaban J connectivity index is 1.56. The summed E-state index contributed by atoms with van der Waals surface area (Å²) in [6, 6.07) is 11.9. The average Bonchev–Trinajstić information content (AvgIpc) is 2.47. The molecule has 0 saturated carbocycles. The van der Waals surface area contributed by atoms with Crippen molar-refractivity contribution in [3.05, 3.63) is 30.3 Å². The smallest absolute Gasteiger partial charge is 0.0366 e. The Morgan fingerprint density at radius 1 is 1.05 bits per heavy atom. The first kappa shape index (κ1) is 13.9. The van der Waals surface area contributed by atoms with Crippen LogP contribution in [0, 0.1) is 5.92 Å². The number of nitrogens with two attached hydrogens (primary N) is 1. The molecule has 2 fully saturated rings. The normalized spacial score (nSPS) is 29.6. The van der Waals surface area contributed by atoms with Gasteiger partial charge in [0.1, 0.15) is 0 Å². The molecule has 0 amide bonds. The molecular weight excluding hydrogens is 246 g/mol. The minimum Gasteiger partial charge on any atom is -0.371 e. The molecule has 1 aromatic rings. The van der Waals surface area contributed by atoms with Gasteiger partial charge in [0.25, 0.3) is 0 Å². The molecule has 110 valence electrons. The van der Waals surface area contributed by atoms with E-state index in [0.29, 0.717) is 6.04 Å². The molecular formula is C17H27N3. The number of piperidine rings is 2. The van der Waals surface area contributed by atoms with Gasteiger partial charge in [0.2, 0.25) is 0 Å². The molecule has 3 nitrogen and oxygen atoms in total. The molecule has 2 saturated heterocycles. The highest BCUT2D eigenvalue weighted by Crippen LogP contribution is 2.25. The van der Waals surface area contributed by atoms with E-state index in [1.54, 1.807) is 0 Å². The van der Waals surface area contributed by atoms with E-state index in [4.69, 9.17) is 5.73 Å². The minimum atomic E-state index is 0.380. The van der Waals surface area contributed by atoms with Crippen LogP contribution in [0.1, 0.15) is 26.2 Å². The second kappa shape index (κ2) is 6.15. The SMILES string of the molecule is CC1CC(N)CN(C2CCN(c3ccccc3)CC2)C1. The zero-order valence-corrected chi connectivity index (χ0v) is 12.5. The lowest BCUT2D eigenvalue weighted by Crippen LogP contribution is -2.53. The van der Waals surface area contributed by atoms with Crippen LogP contribution in [0.15, 0.2) is 30.3 Å². The molecule has 0 bridgehead atoms. The molecule has 20 heavy (non-hydrogen) atoms. The van der Waals surface area contributed by atoms with Gasteiger partial charge in [-0.15, -0.1) is 0 Å². The van der Waals surface area contributed by atoms with Gasteiger partial charge in [-0.1, -0.05) is 25.1 Å². The molecule has 2 N–H and O–H groups in total. The largest absolute Gasteiger partial charge is 0.371 e. The maximum atomic E-state index is 6.19. The standard InChI is InChI=1S/C17H27N3/c1-14-11-15(18)13-20(12-14)17-7-9-19(10-8-17)16-5-3-2-4-6-16/h2-6,14-15,17H,7-13,18H2,1H3. The molecule has 0 aromatic heterocycles. The predicted octanol–water partition coefficient (Wildman–Crippen LogP) is 2.32. The lowest BCUT2D eigenvalue weighted by atomic mass is 9.92. The van der Waals surface area contributed by atoms with E-state index >= 15 is 0 Å². The van der Waals surface area contributed by atoms with E-state index in [2.05, 4.69) is 47.1 Å². The third-order valence-corrected chi connectivity index (χ3v) is 4.82. The zero-order valence-electron chi connectivity index (χ0n) is 12.5. The van der Waals surface area contributed by atoms with Gasteiger partial charge in [0, 0.05) is 44.0 Å². The van der Waals surface area contributed by atoms with Crippen LogP contribution in [0.25, 0.3) is 0 Å². The molecule has 0 aliphatic carbocycles. The molecule has 2 heterocycles. The van der Waals surface area contributed by atoms with Gasteiger partial charge in [-0.3, -0.25) is 4.90 Å². The number of likely N-dealkylation sites (tertiary alicyclic amines) is 1. The first-order valence-electron chi connectivity index (χ1n) is 8.02. The van der Waals surface area contributed by atoms with Gasteiger partial charge in [-0.2, -0.15) is 0 Å². The Kier molecular flexibility index (Phi) is 4.27. The quantitative estimate of drug-likeness (QED) is 0.897. The van der Waals surface area contributed by atoms with Crippen LogP contribution in [0.3, 0.4) is 0 Å². The Hall–Kier alpha value is -1.06. The van der Waals surface area contributed by atoms with Crippen molar-refractivity contribution in [1.29, 1.82) is 0 Å². The van der Waals surface area contributed by atoms with Crippen LogP contribution in [-0.4, -0.2) is 43.2 Å². The van der Waals surface area contributed by atoms with Gasteiger partial charge < -0.3 is 10.6 Å². The van der Waals surface area contributed by atoms with Crippen LogP contribution in [-0.2, 0) is 0 Å². The summed E-state index contributed by atoms with van der Waals surface area (Å²) in [5.41, 5.74) is 7.56. The van der Waals surface area contributed by atoms with Crippen molar-refractivity contribution in [2.45, 2.75) is 38.3 Å². The predicted molar refractivity (Wildman–Crippen MR) is 85.0 cm³/mol. The minimum absolute atomic E-state index is 0.380. The summed E-state index contributed by atoms with van der Waals surface area (Å²) in [5, 5.41) is 0. The van der Waals surface area contributed by atoms with Crippen molar-refractivity contribution in [2.75, 3.05) is 31.1 Å². The number of rotatable bonds is 2. The highest BCUT2D eigenvalue weighted by atomic mass is 15.2. The van der Waals surface area contributed by atoms with Crippen LogP contribution in [0.2, 0.25) is 0 Å². The highest BCUT2D eigenvalue weighted by molar-refractivity contribution is 5.46. The number of nitrogens with zero attached hydrogens (tertiary/aromatic N) is 2. The monoisotopic (exact) mass is 273 g/mol. The van der Waals surface area contributed by atoms with Gasteiger partial charge in [0.05, 0.1) is 0 Å². The van der Waals surface area contributed by atoms with E-state index in [1.807, 2.05) is 0 Å². The number of anilines is 1. The second-order valence-electron chi connectivity index (χ2n) is 6.61. The molecule has 1 aromatic carbocycles. The van der Waals surface area contributed by atoms with Crippen LogP contribution < -0.4 is 10.6 Å². The highest BCUT2D eigenvalue weighted by Gasteiger charge is 2.30. The molecule has 3 rings (SSSR count). The maximum Gasteiger partial charge on any atom is 0.0366 e. The molecule has 2 unspecified atom stereocenters. The molecule has 0 spiro atoms. The number of hydrogen-bond donors (Lipinski definition) is 1. The van der Waals surface area contributed by atoms with Gasteiger partial charge in [0.15, 0.2) is 0 Å². The fraction of sp³-hybridized carbons (Fsp3) is 0.647. The van der Waals surface area contributed by atoms with Crippen molar-refractivity contribution < 1.29 is 0 Å². The van der Waals surface area contributed by atoms with Gasteiger partial charge in [-0.25, -0.2) is 0 Å². The Bertz CT molecular complexity index is 402. The maximum absolute atomic E-state index is 6.19. The van der Waals surface area contributed by atoms with Crippen molar-refractivity contribution >= 4 is 5.69 Å². The van der Waals surface area contributed by atoms with E-state index in [1.165, 1.54) is 44.6 Å². The first-order chi connectivity index (χ1) is 9.72. The third kappa shape index (κ3) is 3.15. The fourth-order valence-corrected chi connectivity index (χ4v) is 3.87.